The molecule has 0 saturated carbocycles. The van der Waals surface area contributed by atoms with Crippen molar-refractivity contribution in [1.82, 2.24) is 0 Å². The number of hydrogen-bond acceptors (Lipinski definition) is 6. The van der Waals surface area contributed by atoms with Crippen molar-refractivity contribution >= 4 is 13.8 Å². The minimum Gasteiger partial charge on any atom is -0.457 e. The summed E-state index contributed by atoms with van der Waals surface area (Å²) in [5.41, 5.74) is 0. The van der Waals surface area contributed by atoms with Crippen molar-refractivity contribution in [2.45, 2.75) is 283 Å². The number of rotatable bonds is 56. The average molecular weight is 1010 g/mol. The number of carbonyl (C=O) groups is 1. The van der Waals surface area contributed by atoms with Crippen molar-refractivity contribution in [2.24, 2.45) is 0 Å². The number of esters is 1. The highest BCUT2D eigenvalue weighted by Crippen LogP contribution is 2.43. The van der Waals surface area contributed by atoms with Crippen LogP contribution in [0.2, 0.25) is 0 Å². The Balaban J connectivity index is 4.03. The normalized spacial score (nSPS) is 13.7. The summed E-state index contributed by atoms with van der Waals surface area (Å²) in [6.45, 7) is 5.56. The first-order valence-corrected chi connectivity index (χ1v) is 31.4. The molecule has 0 heterocycles. The summed E-state index contributed by atoms with van der Waals surface area (Å²) < 4.78 is 35.3. The molecule has 2 atom stereocenters. The van der Waals surface area contributed by atoms with E-state index in [-0.39, 0.29) is 25.8 Å². The molecule has 70 heavy (non-hydrogen) atoms. The molecule has 0 aliphatic carbocycles. The van der Waals surface area contributed by atoms with Gasteiger partial charge in [-0.2, -0.15) is 0 Å². The summed E-state index contributed by atoms with van der Waals surface area (Å²) in [6.07, 6.45) is 69.0. The molecule has 8 nitrogen and oxygen atoms in total. The van der Waals surface area contributed by atoms with Gasteiger partial charge in [-0.25, -0.2) is 4.57 Å². The smallest absolute Gasteiger partial charge is 0.457 e. The SMILES string of the molecule is CC/C=C\C/C=C\C/C=C\C/C=C\CCCCCCCCCCCCC(=O)OC(COCCCCCCCCCCCCCCCCCCCCCCCCCCC)COP(=O)(O)OCC[N+](C)(C)C. The molecule has 0 aromatic rings. The number of carbonyl (C=O) groups excluding carboxylic acids is 1. The van der Waals surface area contributed by atoms with Gasteiger partial charge < -0.3 is 18.9 Å². The molecule has 0 fully saturated rings. The third kappa shape index (κ3) is 57.4. The van der Waals surface area contributed by atoms with Crippen LogP contribution in [0, 0.1) is 0 Å². The Labute approximate surface area is 435 Å². The minimum atomic E-state index is -4.29. The van der Waals surface area contributed by atoms with Gasteiger partial charge in [-0.05, 0) is 51.4 Å². The van der Waals surface area contributed by atoms with Crippen LogP contribution in [-0.4, -0.2) is 75.6 Å². The van der Waals surface area contributed by atoms with E-state index >= 15 is 0 Å². The van der Waals surface area contributed by atoms with Crippen molar-refractivity contribution < 1.29 is 37.3 Å². The van der Waals surface area contributed by atoms with Crippen LogP contribution < -0.4 is 0 Å². The van der Waals surface area contributed by atoms with Gasteiger partial charge in [0.1, 0.15) is 19.3 Å². The standard InChI is InChI=1S/C61H116NO7P/c1-6-8-10-12-14-16-18-20-22-24-26-28-30-31-33-35-37-39-41-43-45-47-49-51-53-56-66-58-60(59-68-70(64,65)67-57-55-62(3,4)5)69-61(63)54-52-50-48-46-44-42-40-38-36-34-32-29-27-25-23-21-19-17-15-13-11-9-7-2/h9,11,15,17,21,23,27,29,60H,6-8,10,12-14,16,18-20,22,24-26,28,30-59H2,1-5H3/p+1/b11-9-,17-15-,23-21-,29-27-. The van der Waals surface area contributed by atoms with Gasteiger partial charge >= 0.3 is 13.8 Å². The quantitative estimate of drug-likeness (QED) is 0.0213. The fourth-order valence-electron chi connectivity index (χ4n) is 8.61. The lowest BCUT2D eigenvalue weighted by Crippen LogP contribution is -2.37. The zero-order valence-corrected chi connectivity index (χ0v) is 47.9. The van der Waals surface area contributed by atoms with Crippen LogP contribution in [-0.2, 0) is 27.9 Å². The van der Waals surface area contributed by atoms with Gasteiger partial charge in [0, 0.05) is 13.0 Å². The molecule has 0 bridgehead atoms. The number of nitrogens with zero attached hydrogens (tertiary/aromatic N) is 1. The van der Waals surface area contributed by atoms with Gasteiger partial charge in [-0.15, -0.1) is 0 Å². The molecule has 0 amide bonds. The van der Waals surface area contributed by atoms with Crippen LogP contribution in [0.5, 0.6) is 0 Å². The largest absolute Gasteiger partial charge is 0.472 e. The van der Waals surface area contributed by atoms with Crippen LogP contribution in [0.3, 0.4) is 0 Å². The molecule has 412 valence electrons. The third-order valence-electron chi connectivity index (χ3n) is 13.2. The topological polar surface area (TPSA) is 91.3 Å². The van der Waals surface area contributed by atoms with Gasteiger partial charge in [0.2, 0.25) is 0 Å². The van der Waals surface area contributed by atoms with Gasteiger partial charge in [-0.1, -0.05) is 268 Å². The third-order valence-corrected chi connectivity index (χ3v) is 14.1. The van der Waals surface area contributed by atoms with Crippen molar-refractivity contribution in [3.63, 3.8) is 0 Å². The molecular formula is C61H117NO7P+. The number of unbranched alkanes of at least 4 members (excludes halogenated alkanes) is 34. The lowest BCUT2D eigenvalue weighted by molar-refractivity contribution is -0.870. The number of phosphoric ester groups is 1. The Bertz CT molecular complexity index is 1260. The summed E-state index contributed by atoms with van der Waals surface area (Å²) in [7, 11) is 1.67. The fourth-order valence-corrected chi connectivity index (χ4v) is 9.35. The summed E-state index contributed by atoms with van der Waals surface area (Å²) in [5, 5.41) is 0. The Morgan fingerprint density at radius 3 is 1.24 bits per heavy atom. The van der Waals surface area contributed by atoms with Gasteiger partial charge in [0.05, 0.1) is 34.4 Å². The fraction of sp³-hybridized carbons (Fsp3) is 0.852. The highest BCUT2D eigenvalue weighted by atomic mass is 31.2. The van der Waals surface area contributed by atoms with Crippen LogP contribution in [0.25, 0.3) is 0 Å². The maximum Gasteiger partial charge on any atom is 0.472 e. The Morgan fingerprint density at radius 2 is 0.829 bits per heavy atom. The second kappa shape index (κ2) is 53.7. The van der Waals surface area contributed by atoms with Crippen molar-refractivity contribution in [3.05, 3.63) is 48.6 Å². The zero-order valence-electron chi connectivity index (χ0n) is 47.0. The number of allylic oxidation sites excluding steroid dienone is 8. The lowest BCUT2D eigenvalue weighted by Gasteiger charge is -2.24. The Kier molecular flexibility index (Phi) is 52.6. The summed E-state index contributed by atoms with van der Waals surface area (Å²) in [4.78, 5) is 23.1. The average Bonchev–Trinajstić information content (AvgIpc) is 3.32. The van der Waals surface area contributed by atoms with Crippen LogP contribution in [0.4, 0.5) is 0 Å². The van der Waals surface area contributed by atoms with E-state index in [0.29, 0.717) is 24.1 Å². The number of likely N-dealkylation sites (N-methyl/N-ethyl adjacent to an activating group) is 1. The van der Waals surface area contributed by atoms with E-state index in [1.165, 1.54) is 199 Å². The molecule has 0 radical (unpaired) electrons. The van der Waals surface area contributed by atoms with Crippen molar-refractivity contribution in [2.75, 3.05) is 54.1 Å². The summed E-state index contributed by atoms with van der Waals surface area (Å²) in [5.74, 6) is -0.314. The Hall–Kier alpha value is -1.54. The molecule has 9 heteroatoms. The molecule has 0 aromatic carbocycles. The molecule has 0 rings (SSSR count). The molecule has 1 N–H and O–H groups in total. The predicted molar refractivity (Wildman–Crippen MR) is 303 cm³/mol. The van der Waals surface area contributed by atoms with Gasteiger partial charge in [0.25, 0.3) is 0 Å². The maximum atomic E-state index is 12.8. The summed E-state index contributed by atoms with van der Waals surface area (Å²) >= 11 is 0. The second-order valence-corrected chi connectivity index (χ2v) is 22.8. The van der Waals surface area contributed by atoms with E-state index in [2.05, 4.69) is 62.5 Å². The first-order valence-electron chi connectivity index (χ1n) is 29.9. The maximum absolute atomic E-state index is 12.8. The zero-order chi connectivity index (χ0) is 51.2. The number of ether oxygens (including phenoxy) is 2. The second-order valence-electron chi connectivity index (χ2n) is 21.4. The molecule has 0 aromatic heterocycles. The van der Waals surface area contributed by atoms with E-state index < -0.39 is 13.9 Å². The highest BCUT2D eigenvalue weighted by molar-refractivity contribution is 7.47. The van der Waals surface area contributed by atoms with E-state index in [4.69, 9.17) is 18.5 Å². The molecular weight excluding hydrogens is 890 g/mol. The lowest BCUT2D eigenvalue weighted by atomic mass is 10.0. The molecule has 0 spiro atoms. The van der Waals surface area contributed by atoms with E-state index in [1.54, 1.807) is 0 Å². The number of phosphoric acid groups is 1. The van der Waals surface area contributed by atoms with E-state index in [0.717, 1.165) is 57.8 Å². The first kappa shape index (κ1) is 68.5. The van der Waals surface area contributed by atoms with Crippen molar-refractivity contribution in [1.29, 1.82) is 0 Å². The number of hydrogen-bond donors (Lipinski definition) is 1. The van der Waals surface area contributed by atoms with Crippen LogP contribution in [0.1, 0.15) is 277 Å². The van der Waals surface area contributed by atoms with Crippen LogP contribution in [0.15, 0.2) is 48.6 Å². The highest BCUT2D eigenvalue weighted by Gasteiger charge is 2.26. The summed E-state index contributed by atoms with van der Waals surface area (Å²) in [6, 6.07) is 0. The first-order chi connectivity index (χ1) is 34.1. The molecule has 0 saturated heterocycles. The van der Waals surface area contributed by atoms with Gasteiger partial charge in [-0.3, -0.25) is 13.8 Å². The molecule has 0 aliphatic rings. The monoisotopic (exact) mass is 1010 g/mol. The molecule has 2 unspecified atom stereocenters. The van der Waals surface area contributed by atoms with Crippen molar-refractivity contribution in [3.8, 4) is 0 Å². The minimum absolute atomic E-state index is 0.0884. The Morgan fingerprint density at radius 1 is 0.457 bits per heavy atom. The van der Waals surface area contributed by atoms with E-state index in [9.17, 15) is 14.3 Å². The van der Waals surface area contributed by atoms with Crippen LogP contribution >= 0.6 is 7.82 Å². The van der Waals surface area contributed by atoms with Gasteiger partial charge in [0.15, 0.2) is 0 Å². The molecule has 0 aliphatic heterocycles. The van der Waals surface area contributed by atoms with E-state index in [1.807, 2.05) is 21.1 Å². The number of quaternary nitrogens is 1. The predicted octanol–water partition coefficient (Wildman–Crippen LogP) is 19.0.